The predicted octanol–water partition coefficient (Wildman–Crippen LogP) is 2.50. The highest BCUT2D eigenvalue weighted by molar-refractivity contribution is 6.74. The van der Waals surface area contributed by atoms with Gasteiger partial charge in [-0.3, -0.25) is 9.59 Å². The summed E-state index contributed by atoms with van der Waals surface area (Å²) in [6.45, 7) is 11.2. The van der Waals surface area contributed by atoms with Crippen LogP contribution in [-0.2, 0) is 23.5 Å². The Morgan fingerprint density at radius 3 is 2.52 bits per heavy atom. The minimum absolute atomic E-state index is 0.0668. The first-order valence-corrected chi connectivity index (χ1v) is 10.4. The number of carbonyl (C=O) groups is 2. The van der Waals surface area contributed by atoms with Crippen molar-refractivity contribution in [2.24, 2.45) is 11.3 Å². The van der Waals surface area contributed by atoms with Crippen LogP contribution in [0, 0.1) is 11.3 Å². The molecule has 0 radical (unpaired) electrons. The van der Waals surface area contributed by atoms with E-state index in [0.29, 0.717) is 19.4 Å². The van der Waals surface area contributed by atoms with Crippen molar-refractivity contribution in [2.45, 2.75) is 57.8 Å². The summed E-state index contributed by atoms with van der Waals surface area (Å²) in [5.74, 6) is -1.04. The fourth-order valence-electron chi connectivity index (χ4n) is 3.09. The minimum Gasteiger partial charge on any atom is -0.468 e. The van der Waals surface area contributed by atoms with Crippen LogP contribution >= 0.6 is 0 Å². The molecule has 1 heterocycles. The maximum atomic E-state index is 12.2. The van der Waals surface area contributed by atoms with Crippen LogP contribution in [0.3, 0.4) is 0 Å². The third-order valence-corrected chi connectivity index (χ3v) is 9.93. The van der Waals surface area contributed by atoms with Crippen molar-refractivity contribution >= 4 is 20.3 Å². The third-order valence-electron chi connectivity index (χ3n) is 5.39. The number of carbonyl (C=O) groups excluding carboxylic acids is 2. The topological polar surface area (TPSA) is 61.8 Å². The quantitative estimate of drug-likeness (QED) is 0.455. The number of ether oxygens (including phenoxy) is 2. The Morgan fingerprint density at radius 2 is 2.00 bits per heavy atom. The molecule has 0 N–H and O–H groups in total. The van der Waals surface area contributed by atoms with Gasteiger partial charge in [-0.1, -0.05) is 20.8 Å². The smallest absolute Gasteiger partial charge is 0.324 e. The number of hydrogen-bond acceptors (Lipinski definition) is 5. The standard InChI is InChI=1S/C15H26O5Si/c1-14(2,3)21(5,6)20-11-7-10-9-19-13(17)15(10,8-11)12(16)18-4/h10-11H,7-9H2,1-6H3/t10-,11-,15+/m1/s1. The molecule has 0 bridgehead atoms. The zero-order chi connectivity index (χ0) is 16.1. The number of fused-ring (bicyclic) bond motifs is 1. The monoisotopic (exact) mass is 314 g/mol. The van der Waals surface area contributed by atoms with Crippen molar-refractivity contribution < 1.29 is 23.5 Å². The number of hydrogen-bond donors (Lipinski definition) is 0. The molecular formula is C15H26O5Si. The highest BCUT2D eigenvalue weighted by atomic mass is 28.4. The second-order valence-electron chi connectivity index (χ2n) is 7.70. The highest BCUT2D eigenvalue weighted by Gasteiger charge is 2.64. The van der Waals surface area contributed by atoms with Gasteiger partial charge in [0.05, 0.1) is 13.7 Å². The van der Waals surface area contributed by atoms with E-state index in [1.165, 1.54) is 7.11 Å². The van der Waals surface area contributed by atoms with Crippen LogP contribution in [0.2, 0.25) is 18.1 Å². The molecule has 21 heavy (non-hydrogen) atoms. The lowest BCUT2D eigenvalue weighted by molar-refractivity contribution is -0.164. The number of rotatable bonds is 3. The summed E-state index contributed by atoms with van der Waals surface area (Å²) in [6, 6.07) is 0. The molecule has 0 aromatic heterocycles. The first-order chi connectivity index (χ1) is 9.54. The summed E-state index contributed by atoms with van der Waals surface area (Å²) in [4.78, 5) is 24.3. The largest absolute Gasteiger partial charge is 0.468 e. The molecule has 2 fully saturated rings. The molecular weight excluding hydrogens is 288 g/mol. The van der Waals surface area contributed by atoms with Gasteiger partial charge in [0.25, 0.3) is 0 Å². The van der Waals surface area contributed by atoms with Crippen LogP contribution in [-0.4, -0.2) is 40.1 Å². The van der Waals surface area contributed by atoms with Crippen molar-refractivity contribution in [3.05, 3.63) is 0 Å². The van der Waals surface area contributed by atoms with Crippen molar-refractivity contribution in [3.8, 4) is 0 Å². The Balaban J connectivity index is 2.19. The van der Waals surface area contributed by atoms with Gasteiger partial charge in [0.2, 0.25) is 0 Å². The summed E-state index contributed by atoms with van der Waals surface area (Å²) >= 11 is 0. The van der Waals surface area contributed by atoms with E-state index in [1.54, 1.807) is 0 Å². The molecule has 0 unspecified atom stereocenters. The maximum Gasteiger partial charge on any atom is 0.324 e. The molecule has 0 aromatic carbocycles. The van der Waals surface area contributed by atoms with Gasteiger partial charge in [-0.25, -0.2) is 0 Å². The van der Waals surface area contributed by atoms with Crippen LogP contribution in [0.5, 0.6) is 0 Å². The Bertz CT molecular complexity index is 453. The lowest BCUT2D eigenvalue weighted by Gasteiger charge is -2.38. The Morgan fingerprint density at radius 1 is 1.38 bits per heavy atom. The molecule has 0 spiro atoms. The second kappa shape index (κ2) is 5.09. The SMILES string of the molecule is COC(=O)[C@]12C[C@H](O[Si](C)(C)C(C)(C)C)C[C@@H]1COC2=O. The van der Waals surface area contributed by atoms with E-state index in [4.69, 9.17) is 13.9 Å². The molecule has 2 aliphatic rings. The van der Waals surface area contributed by atoms with Gasteiger partial charge in [-0.2, -0.15) is 0 Å². The van der Waals surface area contributed by atoms with Gasteiger partial charge in [-0.15, -0.1) is 0 Å². The van der Waals surface area contributed by atoms with E-state index in [2.05, 4.69) is 33.9 Å². The highest BCUT2D eigenvalue weighted by Crippen LogP contribution is 2.52. The first-order valence-electron chi connectivity index (χ1n) is 7.48. The third kappa shape index (κ3) is 2.52. The van der Waals surface area contributed by atoms with Crippen molar-refractivity contribution in [3.63, 3.8) is 0 Å². The van der Waals surface area contributed by atoms with Crippen LogP contribution < -0.4 is 0 Å². The van der Waals surface area contributed by atoms with Crippen molar-refractivity contribution in [1.29, 1.82) is 0 Å². The average Bonchev–Trinajstić information content (AvgIpc) is 2.85. The molecule has 2 rings (SSSR count). The Labute approximate surface area is 127 Å². The van der Waals surface area contributed by atoms with Gasteiger partial charge in [0, 0.05) is 12.0 Å². The fourth-order valence-corrected chi connectivity index (χ4v) is 4.46. The summed E-state index contributed by atoms with van der Waals surface area (Å²) in [7, 11) is -0.601. The lowest BCUT2D eigenvalue weighted by Crippen LogP contribution is -2.44. The summed E-state index contributed by atoms with van der Waals surface area (Å²) in [5, 5.41) is 0.101. The molecule has 1 saturated carbocycles. The fraction of sp³-hybridized carbons (Fsp3) is 0.867. The van der Waals surface area contributed by atoms with Gasteiger partial charge in [0.1, 0.15) is 0 Å². The van der Waals surface area contributed by atoms with E-state index < -0.39 is 25.7 Å². The summed E-state index contributed by atoms with van der Waals surface area (Å²) < 4.78 is 16.4. The van der Waals surface area contributed by atoms with Gasteiger partial charge < -0.3 is 13.9 Å². The molecule has 1 aliphatic carbocycles. The molecule has 1 saturated heterocycles. The average molecular weight is 314 g/mol. The zero-order valence-electron chi connectivity index (χ0n) is 13.8. The molecule has 5 nitrogen and oxygen atoms in total. The van der Waals surface area contributed by atoms with Gasteiger partial charge >= 0.3 is 11.9 Å². The molecule has 0 aromatic rings. The molecule has 6 heteroatoms. The molecule has 3 atom stereocenters. The van der Waals surface area contributed by atoms with E-state index in [0.717, 1.165) is 0 Å². The number of esters is 2. The van der Waals surface area contributed by atoms with Gasteiger partial charge in [0.15, 0.2) is 13.7 Å². The molecule has 0 amide bonds. The van der Waals surface area contributed by atoms with Gasteiger partial charge in [-0.05, 0) is 31.0 Å². The second-order valence-corrected chi connectivity index (χ2v) is 12.5. The van der Waals surface area contributed by atoms with E-state index in [-0.39, 0.29) is 17.1 Å². The van der Waals surface area contributed by atoms with Crippen molar-refractivity contribution in [1.82, 2.24) is 0 Å². The number of methoxy groups -OCH3 is 1. The van der Waals surface area contributed by atoms with E-state index >= 15 is 0 Å². The summed E-state index contributed by atoms with van der Waals surface area (Å²) in [6.07, 6.45) is 1.01. The van der Waals surface area contributed by atoms with Crippen LogP contribution in [0.25, 0.3) is 0 Å². The number of cyclic esters (lactones) is 1. The Hall–Kier alpha value is -0.883. The predicted molar refractivity (Wildman–Crippen MR) is 80.2 cm³/mol. The molecule has 120 valence electrons. The normalized spacial score (nSPS) is 32.8. The van der Waals surface area contributed by atoms with Crippen LogP contribution in [0.15, 0.2) is 0 Å². The van der Waals surface area contributed by atoms with E-state index in [9.17, 15) is 9.59 Å². The zero-order valence-corrected chi connectivity index (χ0v) is 14.8. The van der Waals surface area contributed by atoms with Crippen LogP contribution in [0.4, 0.5) is 0 Å². The summed E-state index contributed by atoms with van der Waals surface area (Å²) in [5.41, 5.74) is -1.14. The van der Waals surface area contributed by atoms with Crippen LogP contribution in [0.1, 0.15) is 33.6 Å². The first kappa shape index (κ1) is 16.5. The maximum absolute atomic E-state index is 12.2. The Kier molecular flexibility index (Phi) is 3.99. The molecule has 1 aliphatic heterocycles. The van der Waals surface area contributed by atoms with E-state index in [1.807, 2.05) is 0 Å². The van der Waals surface area contributed by atoms with Crippen molar-refractivity contribution in [2.75, 3.05) is 13.7 Å². The lowest BCUT2D eigenvalue weighted by atomic mass is 9.80. The minimum atomic E-state index is -1.92.